The average Bonchev–Trinajstić information content (AvgIpc) is 2.89. The van der Waals surface area contributed by atoms with Gasteiger partial charge in [0.25, 0.3) is 5.91 Å². The van der Waals surface area contributed by atoms with Crippen LogP contribution in [0.25, 0.3) is 11.3 Å². The highest BCUT2D eigenvalue weighted by Crippen LogP contribution is 2.26. The van der Waals surface area contributed by atoms with Gasteiger partial charge in [-0.25, -0.2) is 9.97 Å². The first-order chi connectivity index (χ1) is 16.7. The van der Waals surface area contributed by atoms with Gasteiger partial charge in [-0.1, -0.05) is 35.9 Å². The maximum absolute atomic E-state index is 12.8. The number of para-hydroxylation sites is 1. The Hall–Kier alpha value is -3.90. The Morgan fingerprint density at radius 2 is 1.56 bits per heavy atom. The third-order valence-electron chi connectivity index (χ3n) is 5.69. The molecule has 3 aromatic carbocycles. The van der Waals surface area contributed by atoms with E-state index >= 15 is 0 Å². The van der Waals surface area contributed by atoms with E-state index in [1.165, 1.54) is 0 Å². The van der Waals surface area contributed by atoms with E-state index in [9.17, 15) is 4.79 Å². The number of aromatic nitrogens is 2. The van der Waals surface area contributed by atoms with E-state index in [2.05, 4.69) is 9.88 Å². The number of amides is 1. The van der Waals surface area contributed by atoms with Crippen molar-refractivity contribution < 1.29 is 9.53 Å². The summed E-state index contributed by atoms with van der Waals surface area (Å²) in [5.41, 5.74) is 2.44. The van der Waals surface area contributed by atoms with Gasteiger partial charge < -0.3 is 14.5 Å². The molecule has 0 radical (unpaired) electrons. The average molecular weight is 471 g/mol. The molecule has 0 unspecified atom stereocenters. The van der Waals surface area contributed by atoms with Gasteiger partial charge in [-0.2, -0.15) is 0 Å². The number of benzene rings is 3. The van der Waals surface area contributed by atoms with Crippen LogP contribution in [0.2, 0.25) is 5.02 Å². The summed E-state index contributed by atoms with van der Waals surface area (Å²) in [6, 6.07) is 26.5. The first-order valence-electron chi connectivity index (χ1n) is 11.1. The fourth-order valence-corrected chi connectivity index (χ4v) is 4.08. The lowest BCUT2D eigenvalue weighted by Gasteiger charge is -2.34. The van der Waals surface area contributed by atoms with Crippen molar-refractivity contribution >= 4 is 23.5 Å². The monoisotopic (exact) mass is 470 g/mol. The van der Waals surface area contributed by atoms with Crippen molar-refractivity contribution in [1.29, 1.82) is 0 Å². The van der Waals surface area contributed by atoms with E-state index in [-0.39, 0.29) is 5.91 Å². The minimum atomic E-state index is -0.00497. The van der Waals surface area contributed by atoms with Crippen LogP contribution in [0.3, 0.4) is 0 Å². The molecule has 0 N–H and O–H groups in total. The second-order valence-electron chi connectivity index (χ2n) is 7.97. The number of ether oxygens (including phenoxy) is 1. The van der Waals surface area contributed by atoms with Gasteiger partial charge in [0.05, 0.1) is 5.69 Å². The van der Waals surface area contributed by atoms with Gasteiger partial charge in [-0.3, -0.25) is 4.79 Å². The third-order valence-corrected chi connectivity index (χ3v) is 5.93. The molecule has 0 aliphatic carbocycles. The van der Waals surface area contributed by atoms with E-state index in [1.807, 2.05) is 65.6 Å². The summed E-state index contributed by atoms with van der Waals surface area (Å²) in [6.07, 6.45) is 1.77. The van der Waals surface area contributed by atoms with E-state index in [4.69, 9.17) is 21.3 Å². The van der Waals surface area contributed by atoms with Crippen molar-refractivity contribution in [3.8, 4) is 22.8 Å². The molecule has 1 aliphatic rings. The number of anilines is 1. The van der Waals surface area contributed by atoms with Crippen molar-refractivity contribution in [2.75, 3.05) is 31.1 Å². The topological polar surface area (TPSA) is 58.6 Å². The Morgan fingerprint density at radius 1 is 0.824 bits per heavy atom. The molecule has 1 amide bonds. The zero-order valence-corrected chi connectivity index (χ0v) is 19.2. The Kier molecular flexibility index (Phi) is 6.40. The smallest absolute Gasteiger partial charge is 0.254 e. The summed E-state index contributed by atoms with van der Waals surface area (Å²) in [5, 5.41) is 0.564. The number of piperazine rings is 1. The number of carbonyl (C=O) groups is 1. The van der Waals surface area contributed by atoms with Crippen molar-refractivity contribution in [3.05, 3.63) is 102 Å². The van der Waals surface area contributed by atoms with Gasteiger partial charge in [0.1, 0.15) is 11.5 Å². The fraction of sp³-hybridized carbons (Fsp3) is 0.148. The molecule has 7 heteroatoms. The van der Waals surface area contributed by atoms with E-state index < -0.39 is 0 Å². The van der Waals surface area contributed by atoms with Crippen LogP contribution in [0, 0.1) is 0 Å². The number of halogens is 1. The van der Waals surface area contributed by atoms with Crippen LogP contribution in [0.15, 0.2) is 91.1 Å². The number of rotatable bonds is 5. The summed E-state index contributed by atoms with van der Waals surface area (Å²) < 4.78 is 5.88. The Balaban J connectivity index is 1.24. The first kappa shape index (κ1) is 21.9. The minimum Gasteiger partial charge on any atom is -0.457 e. The normalized spacial score (nSPS) is 13.6. The lowest BCUT2D eigenvalue weighted by molar-refractivity contribution is 0.0746. The molecular weight excluding hydrogens is 448 g/mol. The number of hydrogen-bond acceptors (Lipinski definition) is 5. The summed E-state index contributed by atoms with van der Waals surface area (Å²) in [6.45, 7) is 2.54. The van der Waals surface area contributed by atoms with Crippen molar-refractivity contribution in [2.45, 2.75) is 0 Å². The Bertz CT molecular complexity index is 1270. The van der Waals surface area contributed by atoms with Crippen LogP contribution in [-0.2, 0) is 0 Å². The molecule has 0 bridgehead atoms. The Morgan fingerprint density at radius 3 is 2.29 bits per heavy atom. The quantitative estimate of drug-likeness (QED) is 0.382. The van der Waals surface area contributed by atoms with Crippen LogP contribution < -0.4 is 9.64 Å². The van der Waals surface area contributed by atoms with Crippen LogP contribution in [-0.4, -0.2) is 47.0 Å². The third kappa shape index (κ3) is 5.02. The SMILES string of the molecule is O=C(c1cccc(Cl)c1)N1CCN(c2nccc(-c3ccc(Oc4ccccc4)cc3)n2)CC1. The summed E-state index contributed by atoms with van der Waals surface area (Å²) >= 11 is 6.04. The predicted octanol–water partition coefficient (Wildman–Crippen LogP) is 5.55. The lowest BCUT2D eigenvalue weighted by atomic mass is 10.1. The molecule has 1 saturated heterocycles. The summed E-state index contributed by atoms with van der Waals surface area (Å²) in [5.74, 6) is 2.23. The van der Waals surface area contributed by atoms with E-state index in [0.717, 1.165) is 22.8 Å². The Labute approximate surface area is 203 Å². The van der Waals surface area contributed by atoms with Crippen LogP contribution in [0.4, 0.5) is 5.95 Å². The van der Waals surface area contributed by atoms with Gasteiger partial charge in [-0.15, -0.1) is 0 Å². The molecule has 0 atom stereocenters. The summed E-state index contributed by atoms with van der Waals surface area (Å²) in [7, 11) is 0. The molecular formula is C27H23ClN4O2. The molecule has 5 rings (SSSR count). The lowest BCUT2D eigenvalue weighted by Crippen LogP contribution is -2.49. The molecule has 1 aliphatic heterocycles. The number of nitrogens with zero attached hydrogens (tertiary/aromatic N) is 4. The van der Waals surface area contributed by atoms with Gasteiger partial charge in [-0.05, 0) is 60.7 Å². The highest BCUT2D eigenvalue weighted by Gasteiger charge is 2.23. The zero-order chi connectivity index (χ0) is 23.3. The molecule has 2 heterocycles. The maximum atomic E-state index is 12.8. The number of carbonyl (C=O) groups excluding carboxylic acids is 1. The van der Waals surface area contributed by atoms with Gasteiger partial charge in [0, 0.05) is 48.5 Å². The molecule has 6 nitrogen and oxygen atoms in total. The van der Waals surface area contributed by atoms with Gasteiger partial charge in [0.2, 0.25) is 5.95 Å². The van der Waals surface area contributed by atoms with Crippen molar-refractivity contribution in [1.82, 2.24) is 14.9 Å². The predicted molar refractivity (Wildman–Crippen MR) is 134 cm³/mol. The van der Waals surface area contributed by atoms with Gasteiger partial charge >= 0.3 is 0 Å². The molecule has 1 aromatic heterocycles. The second kappa shape index (κ2) is 9.93. The highest BCUT2D eigenvalue weighted by atomic mass is 35.5. The molecule has 0 spiro atoms. The largest absolute Gasteiger partial charge is 0.457 e. The van der Waals surface area contributed by atoms with Crippen LogP contribution >= 0.6 is 11.6 Å². The first-order valence-corrected chi connectivity index (χ1v) is 11.5. The molecule has 1 fully saturated rings. The van der Waals surface area contributed by atoms with E-state index in [1.54, 1.807) is 30.5 Å². The standard InChI is InChI=1S/C27H23ClN4O2/c28-22-6-4-5-21(19-22)26(33)31-15-17-32(18-16-31)27-29-14-13-25(30-27)20-9-11-24(12-10-20)34-23-7-2-1-3-8-23/h1-14,19H,15-18H2. The number of hydrogen-bond donors (Lipinski definition) is 0. The fourth-order valence-electron chi connectivity index (χ4n) is 3.89. The van der Waals surface area contributed by atoms with E-state index in [0.29, 0.717) is 42.7 Å². The van der Waals surface area contributed by atoms with Crippen LogP contribution in [0.1, 0.15) is 10.4 Å². The molecule has 34 heavy (non-hydrogen) atoms. The van der Waals surface area contributed by atoms with Crippen molar-refractivity contribution in [3.63, 3.8) is 0 Å². The minimum absolute atomic E-state index is 0.00497. The van der Waals surface area contributed by atoms with Crippen LogP contribution in [0.5, 0.6) is 11.5 Å². The summed E-state index contributed by atoms with van der Waals surface area (Å²) in [4.78, 5) is 26.0. The molecule has 170 valence electrons. The highest BCUT2D eigenvalue weighted by molar-refractivity contribution is 6.30. The van der Waals surface area contributed by atoms with Crippen molar-refractivity contribution in [2.24, 2.45) is 0 Å². The molecule has 0 saturated carbocycles. The second-order valence-corrected chi connectivity index (χ2v) is 8.41. The molecule has 4 aromatic rings. The van der Waals surface area contributed by atoms with Gasteiger partial charge in [0.15, 0.2) is 0 Å². The zero-order valence-electron chi connectivity index (χ0n) is 18.5. The maximum Gasteiger partial charge on any atom is 0.254 e.